The maximum Gasteiger partial charge on any atom is 0.147 e. The molecule has 0 atom stereocenters. The molecule has 1 rings (SSSR count). The van der Waals surface area contributed by atoms with Crippen LogP contribution in [-0.4, -0.2) is 32.0 Å². The molecule has 1 aromatic heterocycles. The maximum absolute atomic E-state index is 12.5. The molecule has 0 saturated carbocycles. The lowest BCUT2D eigenvalue weighted by molar-refractivity contribution is 0.600. The Morgan fingerprint density at radius 3 is 2.73 bits per heavy atom. The first-order chi connectivity index (χ1) is 6.97. The molecule has 0 spiro atoms. The highest BCUT2D eigenvalue weighted by Crippen LogP contribution is 2.03. The summed E-state index contributed by atoms with van der Waals surface area (Å²) in [6.07, 6.45) is 2.82. The van der Waals surface area contributed by atoms with Gasteiger partial charge >= 0.3 is 0 Å². The third-order valence-corrected chi connectivity index (χ3v) is 2.76. The van der Waals surface area contributed by atoms with Crippen molar-refractivity contribution < 1.29 is 12.8 Å². The molecule has 4 nitrogen and oxygen atoms in total. The van der Waals surface area contributed by atoms with Crippen LogP contribution in [0.5, 0.6) is 0 Å². The van der Waals surface area contributed by atoms with Crippen LogP contribution in [0.25, 0.3) is 0 Å². The average molecular weight is 232 g/mol. The lowest BCUT2D eigenvalue weighted by Gasteiger charge is -2.04. The number of pyridine rings is 1. The molecular formula is C9H13FN2O2S. The van der Waals surface area contributed by atoms with Gasteiger partial charge in [-0.15, -0.1) is 0 Å². The fourth-order valence-electron chi connectivity index (χ4n) is 1.03. The van der Waals surface area contributed by atoms with Crippen molar-refractivity contribution in [2.45, 2.75) is 6.42 Å². The van der Waals surface area contributed by atoms with E-state index in [0.717, 1.165) is 6.20 Å². The maximum atomic E-state index is 12.5. The zero-order chi connectivity index (χ0) is 11.3. The van der Waals surface area contributed by atoms with Crippen molar-refractivity contribution in [1.82, 2.24) is 4.98 Å². The summed E-state index contributed by atoms with van der Waals surface area (Å²) in [6, 6.07) is 2.81. The molecule has 0 aliphatic carbocycles. The van der Waals surface area contributed by atoms with E-state index in [9.17, 15) is 12.8 Å². The second kappa shape index (κ2) is 5.06. The molecule has 0 aliphatic rings. The van der Waals surface area contributed by atoms with Crippen molar-refractivity contribution in [3.63, 3.8) is 0 Å². The van der Waals surface area contributed by atoms with Gasteiger partial charge in [0.15, 0.2) is 0 Å². The van der Waals surface area contributed by atoms with Crippen molar-refractivity contribution in [3.05, 3.63) is 24.1 Å². The van der Waals surface area contributed by atoms with Gasteiger partial charge in [-0.3, -0.25) is 0 Å². The Labute approximate surface area is 88.5 Å². The van der Waals surface area contributed by atoms with E-state index in [1.807, 2.05) is 0 Å². The Kier molecular flexibility index (Phi) is 4.02. The SMILES string of the molecule is CS(=O)(=O)CCCNc1ccc(F)cn1. The summed E-state index contributed by atoms with van der Waals surface area (Å²) in [5, 5.41) is 2.90. The van der Waals surface area contributed by atoms with E-state index in [1.54, 1.807) is 0 Å². The Bertz CT molecular complexity index is 403. The van der Waals surface area contributed by atoms with Gasteiger partial charge in [0.25, 0.3) is 0 Å². The number of halogens is 1. The molecule has 1 aromatic rings. The Morgan fingerprint density at radius 2 is 2.20 bits per heavy atom. The summed E-state index contributed by atoms with van der Waals surface area (Å²) in [5.74, 6) is 0.294. The predicted octanol–water partition coefficient (Wildman–Crippen LogP) is 1.07. The Morgan fingerprint density at radius 1 is 1.47 bits per heavy atom. The molecule has 15 heavy (non-hydrogen) atoms. The molecule has 0 aromatic carbocycles. The molecule has 0 unspecified atom stereocenters. The largest absolute Gasteiger partial charge is 0.370 e. The van der Waals surface area contributed by atoms with Crippen LogP contribution in [0, 0.1) is 5.82 Å². The monoisotopic (exact) mass is 232 g/mol. The van der Waals surface area contributed by atoms with Crippen LogP contribution < -0.4 is 5.32 Å². The van der Waals surface area contributed by atoms with Crippen molar-refractivity contribution in [3.8, 4) is 0 Å². The van der Waals surface area contributed by atoms with Crippen molar-refractivity contribution in [2.75, 3.05) is 23.9 Å². The summed E-state index contributed by atoms with van der Waals surface area (Å²) in [5.41, 5.74) is 0. The first kappa shape index (κ1) is 11.9. The van der Waals surface area contributed by atoms with Gasteiger partial charge in [0.1, 0.15) is 21.5 Å². The molecular weight excluding hydrogens is 219 g/mol. The minimum atomic E-state index is -2.91. The molecule has 0 radical (unpaired) electrons. The van der Waals surface area contributed by atoms with E-state index in [2.05, 4.69) is 10.3 Å². The van der Waals surface area contributed by atoms with Gasteiger partial charge in [-0.25, -0.2) is 17.8 Å². The van der Waals surface area contributed by atoms with Gasteiger partial charge in [0.2, 0.25) is 0 Å². The molecule has 1 heterocycles. The summed E-state index contributed by atoms with van der Waals surface area (Å²) in [4.78, 5) is 3.78. The van der Waals surface area contributed by atoms with Gasteiger partial charge in [0, 0.05) is 12.8 Å². The summed E-state index contributed by atoms with van der Waals surface area (Å²) in [7, 11) is -2.91. The Hall–Kier alpha value is -1.17. The van der Waals surface area contributed by atoms with E-state index in [0.29, 0.717) is 18.8 Å². The quantitative estimate of drug-likeness (QED) is 0.771. The molecule has 0 bridgehead atoms. The predicted molar refractivity (Wildman–Crippen MR) is 57.0 cm³/mol. The summed E-state index contributed by atoms with van der Waals surface area (Å²) in [6.45, 7) is 0.506. The van der Waals surface area contributed by atoms with Crippen molar-refractivity contribution in [2.24, 2.45) is 0 Å². The highest BCUT2D eigenvalue weighted by molar-refractivity contribution is 7.90. The minimum Gasteiger partial charge on any atom is -0.370 e. The van der Waals surface area contributed by atoms with Crippen LogP contribution >= 0.6 is 0 Å². The number of nitrogens with one attached hydrogen (secondary N) is 1. The smallest absolute Gasteiger partial charge is 0.147 e. The fourth-order valence-corrected chi connectivity index (χ4v) is 1.70. The first-order valence-corrected chi connectivity index (χ1v) is 6.56. The minimum absolute atomic E-state index is 0.140. The highest BCUT2D eigenvalue weighted by atomic mass is 32.2. The number of hydrogen-bond acceptors (Lipinski definition) is 4. The van der Waals surface area contributed by atoms with E-state index >= 15 is 0 Å². The van der Waals surface area contributed by atoms with E-state index in [1.165, 1.54) is 18.4 Å². The third-order valence-electron chi connectivity index (χ3n) is 1.73. The lowest BCUT2D eigenvalue weighted by Crippen LogP contribution is -2.10. The van der Waals surface area contributed by atoms with Gasteiger partial charge in [0.05, 0.1) is 11.9 Å². The average Bonchev–Trinajstić information content (AvgIpc) is 2.14. The zero-order valence-electron chi connectivity index (χ0n) is 8.40. The molecule has 1 N–H and O–H groups in total. The summed E-state index contributed by atoms with van der Waals surface area (Å²) < 4.78 is 34.1. The van der Waals surface area contributed by atoms with Crippen LogP contribution in [0.2, 0.25) is 0 Å². The van der Waals surface area contributed by atoms with Crippen molar-refractivity contribution in [1.29, 1.82) is 0 Å². The molecule has 0 saturated heterocycles. The van der Waals surface area contributed by atoms with Crippen LogP contribution in [0.3, 0.4) is 0 Å². The van der Waals surface area contributed by atoms with Crippen LogP contribution in [0.15, 0.2) is 18.3 Å². The normalized spacial score (nSPS) is 11.3. The molecule has 6 heteroatoms. The number of hydrogen-bond donors (Lipinski definition) is 1. The number of sulfone groups is 1. The molecule has 84 valence electrons. The van der Waals surface area contributed by atoms with Gasteiger partial charge in [-0.2, -0.15) is 0 Å². The van der Waals surface area contributed by atoms with Gasteiger partial charge < -0.3 is 5.32 Å². The lowest BCUT2D eigenvalue weighted by atomic mass is 10.4. The number of rotatable bonds is 5. The van der Waals surface area contributed by atoms with E-state index in [-0.39, 0.29) is 5.75 Å². The van der Waals surface area contributed by atoms with Crippen LogP contribution in [0.4, 0.5) is 10.2 Å². The van der Waals surface area contributed by atoms with Crippen molar-refractivity contribution >= 4 is 15.7 Å². The van der Waals surface area contributed by atoms with E-state index in [4.69, 9.17) is 0 Å². The number of aromatic nitrogens is 1. The van der Waals surface area contributed by atoms with E-state index < -0.39 is 15.7 Å². The zero-order valence-corrected chi connectivity index (χ0v) is 9.22. The Balaban J connectivity index is 2.29. The summed E-state index contributed by atoms with van der Waals surface area (Å²) >= 11 is 0. The number of nitrogens with zero attached hydrogens (tertiary/aromatic N) is 1. The van der Waals surface area contributed by atoms with Gasteiger partial charge in [-0.05, 0) is 18.6 Å². The third kappa shape index (κ3) is 5.31. The topological polar surface area (TPSA) is 59.1 Å². The van der Waals surface area contributed by atoms with Gasteiger partial charge in [-0.1, -0.05) is 0 Å². The highest BCUT2D eigenvalue weighted by Gasteiger charge is 2.01. The molecule has 0 amide bonds. The van der Waals surface area contributed by atoms with Crippen LogP contribution in [0.1, 0.15) is 6.42 Å². The fraction of sp³-hybridized carbons (Fsp3) is 0.444. The van der Waals surface area contributed by atoms with Crippen LogP contribution in [-0.2, 0) is 9.84 Å². The first-order valence-electron chi connectivity index (χ1n) is 4.50. The standard InChI is InChI=1S/C9H13FN2O2S/c1-15(13,14)6-2-5-11-9-4-3-8(10)7-12-9/h3-4,7H,2,5-6H2,1H3,(H,11,12). The number of anilines is 1. The molecule has 0 fully saturated rings. The molecule has 0 aliphatic heterocycles. The second-order valence-corrected chi connectivity index (χ2v) is 5.53. The second-order valence-electron chi connectivity index (χ2n) is 3.27.